The molecule has 98 valence electrons. The van der Waals surface area contributed by atoms with Gasteiger partial charge in [0.1, 0.15) is 11.6 Å². The molecule has 0 saturated heterocycles. The van der Waals surface area contributed by atoms with Gasteiger partial charge in [-0.3, -0.25) is 4.79 Å². The SMILES string of the molecule is COc1c(C(CC(=O)O)C2CC2)ccc(F)c1Br. The van der Waals surface area contributed by atoms with Crippen LogP contribution in [0.3, 0.4) is 0 Å². The van der Waals surface area contributed by atoms with Gasteiger partial charge in [0, 0.05) is 5.92 Å². The van der Waals surface area contributed by atoms with E-state index in [0.717, 1.165) is 18.4 Å². The van der Waals surface area contributed by atoms with Gasteiger partial charge in [0.25, 0.3) is 0 Å². The smallest absolute Gasteiger partial charge is 0.303 e. The van der Waals surface area contributed by atoms with Gasteiger partial charge in [-0.15, -0.1) is 0 Å². The van der Waals surface area contributed by atoms with Gasteiger partial charge in [-0.05, 0) is 46.3 Å². The molecule has 5 heteroatoms. The van der Waals surface area contributed by atoms with Gasteiger partial charge in [0.05, 0.1) is 18.0 Å². The molecule has 1 saturated carbocycles. The minimum absolute atomic E-state index is 0.0547. The third kappa shape index (κ3) is 2.66. The van der Waals surface area contributed by atoms with Crippen molar-refractivity contribution in [3.05, 3.63) is 28.0 Å². The standard InChI is InChI=1S/C13H14BrFO3/c1-18-13-8(4-5-10(15)12(13)14)9(6-11(16)17)7-2-3-7/h4-5,7,9H,2-3,6H2,1H3,(H,16,17). The van der Waals surface area contributed by atoms with Crippen molar-refractivity contribution in [2.24, 2.45) is 5.92 Å². The van der Waals surface area contributed by atoms with Gasteiger partial charge >= 0.3 is 5.97 Å². The Morgan fingerprint density at radius 1 is 1.61 bits per heavy atom. The summed E-state index contributed by atoms with van der Waals surface area (Å²) < 4.78 is 18.9. The maximum absolute atomic E-state index is 13.4. The molecular formula is C13H14BrFO3. The molecule has 0 aliphatic heterocycles. The Labute approximate surface area is 113 Å². The molecule has 0 spiro atoms. The van der Waals surface area contributed by atoms with Crippen molar-refractivity contribution in [1.29, 1.82) is 0 Å². The number of ether oxygens (including phenoxy) is 1. The lowest BCUT2D eigenvalue weighted by Gasteiger charge is -2.19. The van der Waals surface area contributed by atoms with E-state index in [1.807, 2.05) is 0 Å². The molecule has 3 nitrogen and oxygen atoms in total. The molecule has 2 rings (SSSR count). The molecule has 0 radical (unpaired) electrons. The van der Waals surface area contributed by atoms with E-state index in [0.29, 0.717) is 11.7 Å². The third-order valence-corrected chi connectivity index (χ3v) is 4.01. The summed E-state index contributed by atoms with van der Waals surface area (Å²) in [6, 6.07) is 2.98. The minimum Gasteiger partial charge on any atom is -0.495 e. The second kappa shape index (κ2) is 5.26. The molecule has 1 aliphatic carbocycles. The summed E-state index contributed by atoms with van der Waals surface area (Å²) in [5.74, 6) is -0.565. The summed E-state index contributed by atoms with van der Waals surface area (Å²) in [6.07, 6.45) is 2.10. The summed E-state index contributed by atoms with van der Waals surface area (Å²) in [4.78, 5) is 10.9. The average Bonchev–Trinajstić information content (AvgIpc) is 3.13. The molecule has 1 atom stereocenters. The summed E-state index contributed by atoms with van der Waals surface area (Å²) in [5.41, 5.74) is 0.774. The number of benzene rings is 1. The van der Waals surface area contributed by atoms with Gasteiger partial charge in [0.2, 0.25) is 0 Å². The highest BCUT2D eigenvalue weighted by molar-refractivity contribution is 9.10. The van der Waals surface area contributed by atoms with Crippen molar-refractivity contribution in [1.82, 2.24) is 0 Å². The Hall–Kier alpha value is -1.10. The topological polar surface area (TPSA) is 46.5 Å². The molecule has 1 aromatic carbocycles. The third-order valence-electron chi connectivity index (χ3n) is 3.27. The first-order valence-corrected chi connectivity index (χ1v) is 6.57. The van der Waals surface area contributed by atoms with Crippen LogP contribution in [0.1, 0.15) is 30.7 Å². The number of hydrogen-bond acceptors (Lipinski definition) is 2. The van der Waals surface area contributed by atoms with Crippen LogP contribution in [0.5, 0.6) is 5.75 Å². The van der Waals surface area contributed by atoms with Crippen molar-refractivity contribution < 1.29 is 19.0 Å². The summed E-state index contributed by atoms with van der Waals surface area (Å²) in [5, 5.41) is 8.98. The summed E-state index contributed by atoms with van der Waals surface area (Å²) >= 11 is 3.15. The van der Waals surface area contributed by atoms with Gasteiger partial charge in [-0.2, -0.15) is 0 Å². The lowest BCUT2D eigenvalue weighted by Crippen LogP contribution is -2.10. The number of aliphatic carboxylic acids is 1. The number of carboxylic acids is 1. The van der Waals surface area contributed by atoms with E-state index >= 15 is 0 Å². The van der Waals surface area contributed by atoms with E-state index in [-0.39, 0.29) is 16.8 Å². The van der Waals surface area contributed by atoms with Crippen LogP contribution in [0.4, 0.5) is 4.39 Å². The zero-order chi connectivity index (χ0) is 13.3. The fourth-order valence-electron chi connectivity index (χ4n) is 2.26. The number of carboxylic acid groups (broad SMARTS) is 1. The Balaban J connectivity index is 2.40. The van der Waals surface area contributed by atoms with Crippen molar-refractivity contribution in [3.63, 3.8) is 0 Å². The van der Waals surface area contributed by atoms with E-state index in [1.165, 1.54) is 13.2 Å². The summed E-state index contributed by atoms with van der Waals surface area (Å²) in [6.45, 7) is 0. The molecular weight excluding hydrogens is 303 g/mol. The number of rotatable bonds is 5. The van der Waals surface area contributed by atoms with E-state index in [4.69, 9.17) is 9.84 Å². The molecule has 0 bridgehead atoms. The highest BCUT2D eigenvalue weighted by Gasteiger charge is 2.36. The Kier molecular flexibility index (Phi) is 3.90. The number of halogens is 2. The van der Waals surface area contributed by atoms with Gasteiger partial charge in [-0.1, -0.05) is 6.07 Å². The quantitative estimate of drug-likeness (QED) is 0.903. The van der Waals surface area contributed by atoms with Crippen molar-refractivity contribution >= 4 is 21.9 Å². The van der Waals surface area contributed by atoms with E-state index < -0.39 is 11.8 Å². The average molecular weight is 317 g/mol. The Morgan fingerprint density at radius 2 is 2.28 bits per heavy atom. The molecule has 1 fully saturated rings. The van der Waals surface area contributed by atoms with Crippen LogP contribution in [0.2, 0.25) is 0 Å². The molecule has 0 amide bonds. The van der Waals surface area contributed by atoms with Crippen LogP contribution in [0.25, 0.3) is 0 Å². The molecule has 1 N–H and O–H groups in total. The predicted octanol–water partition coefficient (Wildman–Crippen LogP) is 3.57. The van der Waals surface area contributed by atoms with Crippen molar-refractivity contribution in [3.8, 4) is 5.75 Å². The largest absolute Gasteiger partial charge is 0.495 e. The maximum Gasteiger partial charge on any atom is 0.303 e. The van der Waals surface area contributed by atoms with Crippen LogP contribution in [-0.4, -0.2) is 18.2 Å². The van der Waals surface area contributed by atoms with E-state index in [1.54, 1.807) is 6.07 Å². The van der Waals surface area contributed by atoms with Crippen LogP contribution in [-0.2, 0) is 4.79 Å². The lowest BCUT2D eigenvalue weighted by molar-refractivity contribution is -0.137. The highest BCUT2D eigenvalue weighted by atomic mass is 79.9. The molecule has 18 heavy (non-hydrogen) atoms. The first kappa shape index (κ1) is 13.3. The van der Waals surface area contributed by atoms with Crippen LogP contribution < -0.4 is 4.74 Å². The molecule has 0 aromatic heterocycles. The van der Waals surface area contributed by atoms with Crippen LogP contribution in [0, 0.1) is 11.7 Å². The highest BCUT2D eigenvalue weighted by Crippen LogP contribution is 2.48. The fourth-order valence-corrected chi connectivity index (χ4v) is 2.79. The van der Waals surface area contributed by atoms with Gasteiger partial charge in [-0.25, -0.2) is 4.39 Å². The maximum atomic E-state index is 13.4. The van der Waals surface area contributed by atoms with Crippen molar-refractivity contribution in [2.75, 3.05) is 7.11 Å². The second-order valence-electron chi connectivity index (χ2n) is 4.53. The molecule has 1 aromatic rings. The molecule has 1 unspecified atom stereocenters. The number of hydrogen-bond donors (Lipinski definition) is 1. The lowest BCUT2D eigenvalue weighted by atomic mass is 9.90. The molecule has 0 heterocycles. The molecule has 1 aliphatic rings. The first-order valence-electron chi connectivity index (χ1n) is 5.78. The Bertz CT molecular complexity index is 472. The second-order valence-corrected chi connectivity index (χ2v) is 5.32. The van der Waals surface area contributed by atoms with Gasteiger partial charge in [0.15, 0.2) is 0 Å². The van der Waals surface area contributed by atoms with Crippen LogP contribution >= 0.6 is 15.9 Å². The van der Waals surface area contributed by atoms with Crippen molar-refractivity contribution in [2.45, 2.75) is 25.2 Å². The van der Waals surface area contributed by atoms with E-state index in [2.05, 4.69) is 15.9 Å². The number of carbonyl (C=O) groups is 1. The normalized spacial score (nSPS) is 16.4. The zero-order valence-corrected chi connectivity index (χ0v) is 11.5. The minimum atomic E-state index is -0.839. The predicted molar refractivity (Wildman–Crippen MR) is 68.4 cm³/mol. The van der Waals surface area contributed by atoms with Crippen LogP contribution in [0.15, 0.2) is 16.6 Å². The number of methoxy groups -OCH3 is 1. The zero-order valence-electron chi connectivity index (χ0n) is 9.95. The summed E-state index contributed by atoms with van der Waals surface area (Å²) in [7, 11) is 1.47. The van der Waals surface area contributed by atoms with E-state index in [9.17, 15) is 9.18 Å². The first-order chi connectivity index (χ1) is 8.54. The van der Waals surface area contributed by atoms with Gasteiger partial charge < -0.3 is 9.84 Å². The Morgan fingerprint density at radius 3 is 2.78 bits per heavy atom. The monoisotopic (exact) mass is 316 g/mol. The fraction of sp³-hybridized carbons (Fsp3) is 0.462.